The second-order valence-corrected chi connectivity index (χ2v) is 2.37. The van der Waals surface area contributed by atoms with Crippen LogP contribution in [0.4, 0.5) is 0 Å². The van der Waals surface area contributed by atoms with Crippen molar-refractivity contribution in [1.82, 2.24) is 5.43 Å². The lowest BCUT2D eigenvalue weighted by Gasteiger charge is -1.98. The number of hydrazone groups is 1. The quantitative estimate of drug-likeness (QED) is 0.248. The lowest BCUT2D eigenvalue weighted by atomic mass is 10.1. The summed E-state index contributed by atoms with van der Waals surface area (Å²) in [6.45, 7) is 0. The van der Waals surface area contributed by atoms with Crippen LogP contribution in [0.3, 0.4) is 0 Å². The molecule has 0 atom stereocenters. The number of hydrogen-bond acceptors (Lipinski definition) is 4. The summed E-state index contributed by atoms with van der Waals surface area (Å²) >= 11 is 0. The van der Waals surface area contributed by atoms with Crippen LogP contribution in [-0.4, -0.2) is 12.1 Å². The van der Waals surface area contributed by atoms with Crippen LogP contribution in [0.25, 0.3) is 0 Å². The highest BCUT2D eigenvalue weighted by Gasteiger charge is 2.00. The van der Waals surface area contributed by atoms with Crippen LogP contribution < -0.4 is 17.1 Å². The fourth-order valence-electron chi connectivity index (χ4n) is 0.890. The van der Waals surface area contributed by atoms with Gasteiger partial charge in [-0.3, -0.25) is 10.2 Å². The van der Waals surface area contributed by atoms with Gasteiger partial charge in [-0.2, -0.15) is 5.10 Å². The second-order valence-electron chi connectivity index (χ2n) is 2.37. The zero-order valence-electron chi connectivity index (χ0n) is 6.90. The van der Waals surface area contributed by atoms with E-state index in [1.165, 1.54) is 6.21 Å². The van der Waals surface area contributed by atoms with Crippen molar-refractivity contribution in [1.29, 1.82) is 0 Å². The first-order valence-corrected chi connectivity index (χ1v) is 3.62. The number of nitrogens with one attached hydrogen (secondary N) is 1. The maximum atomic E-state index is 11.0. The largest absolute Gasteiger partial charge is 0.323 e. The van der Waals surface area contributed by atoms with Gasteiger partial charge in [0.2, 0.25) is 0 Å². The molecule has 0 heterocycles. The van der Waals surface area contributed by atoms with E-state index in [9.17, 15) is 4.79 Å². The third-order valence-corrected chi connectivity index (χ3v) is 1.53. The molecule has 0 unspecified atom stereocenters. The maximum absolute atomic E-state index is 11.0. The van der Waals surface area contributed by atoms with Gasteiger partial charge in [-0.1, -0.05) is 12.1 Å². The number of hydrogen-bond donors (Lipinski definition) is 3. The smallest absolute Gasteiger partial charge is 0.265 e. The average molecular weight is 178 g/mol. The molecule has 5 N–H and O–H groups in total. The van der Waals surface area contributed by atoms with Gasteiger partial charge in [0.05, 0.1) is 6.21 Å². The number of nitrogen functional groups attached to an aromatic ring is 1. The molecule has 0 aliphatic rings. The van der Waals surface area contributed by atoms with E-state index in [0.717, 1.165) is 5.56 Å². The van der Waals surface area contributed by atoms with Gasteiger partial charge in [0, 0.05) is 5.56 Å². The minimum atomic E-state index is -0.323. The number of amides is 1. The first kappa shape index (κ1) is 9.21. The predicted molar refractivity (Wildman–Crippen MR) is 49.9 cm³/mol. The van der Waals surface area contributed by atoms with Crippen molar-refractivity contribution in [3.8, 4) is 0 Å². The molecule has 68 valence electrons. The third kappa shape index (κ3) is 2.28. The molecule has 0 bridgehead atoms. The standard InChI is InChI=1S/C8H10N4O/c9-11-5-6-1-3-7(4-2-6)8(13)12-10/h1-5H,9-10H2,(H,12,13)/b11-5+. The average Bonchev–Trinajstić information content (AvgIpc) is 2.18. The molecule has 0 aliphatic heterocycles. The van der Waals surface area contributed by atoms with Crippen molar-refractivity contribution in [2.24, 2.45) is 16.8 Å². The monoisotopic (exact) mass is 178 g/mol. The Morgan fingerprint density at radius 2 is 2.00 bits per heavy atom. The fourth-order valence-corrected chi connectivity index (χ4v) is 0.890. The molecular weight excluding hydrogens is 168 g/mol. The summed E-state index contributed by atoms with van der Waals surface area (Å²) in [5.74, 6) is 9.59. The van der Waals surface area contributed by atoms with Crippen LogP contribution in [0, 0.1) is 0 Å². The molecule has 0 aliphatic carbocycles. The number of carbonyl (C=O) groups is 1. The van der Waals surface area contributed by atoms with E-state index in [4.69, 9.17) is 11.7 Å². The maximum Gasteiger partial charge on any atom is 0.265 e. The summed E-state index contributed by atoms with van der Waals surface area (Å²) in [6.07, 6.45) is 1.49. The van der Waals surface area contributed by atoms with Crippen LogP contribution in [0.15, 0.2) is 29.4 Å². The van der Waals surface area contributed by atoms with Crippen LogP contribution >= 0.6 is 0 Å². The summed E-state index contributed by atoms with van der Waals surface area (Å²) in [4.78, 5) is 11.0. The fraction of sp³-hybridized carbons (Fsp3) is 0. The van der Waals surface area contributed by atoms with Crippen LogP contribution in [0.2, 0.25) is 0 Å². The Morgan fingerprint density at radius 3 is 2.46 bits per heavy atom. The molecule has 5 heteroatoms. The number of carbonyl (C=O) groups excluding carboxylic acids is 1. The summed E-state index contributed by atoms with van der Waals surface area (Å²) in [6, 6.07) is 6.72. The molecule has 1 rings (SSSR count). The molecule has 13 heavy (non-hydrogen) atoms. The SMILES string of the molecule is N/N=C/c1ccc(C(=O)NN)cc1. The summed E-state index contributed by atoms with van der Waals surface area (Å²) in [5, 5.41) is 3.35. The van der Waals surface area contributed by atoms with Gasteiger partial charge in [0.1, 0.15) is 0 Å². The van der Waals surface area contributed by atoms with Crippen molar-refractivity contribution < 1.29 is 4.79 Å². The molecule has 0 spiro atoms. The van der Waals surface area contributed by atoms with E-state index in [-0.39, 0.29) is 5.91 Å². The van der Waals surface area contributed by atoms with Gasteiger partial charge >= 0.3 is 0 Å². The van der Waals surface area contributed by atoms with Gasteiger partial charge in [-0.25, -0.2) is 5.84 Å². The number of nitrogens with zero attached hydrogens (tertiary/aromatic N) is 1. The normalized spacial score (nSPS) is 10.2. The van der Waals surface area contributed by atoms with E-state index in [1.807, 2.05) is 5.43 Å². The molecule has 0 radical (unpaired) electrons. The first-order valence-electron chi connectivity index (χ1n) is 3.62. The van der Waals surface area contributed by atoms with E-state index in [1.54, 1.807) is 24.3 Å². The molecular formula is C8H10N4O. The summed E-state index contributed by atoms with van der Waals surface area (Å²) in [5.41, 5.74) is 3.36. The zero-order valence-corrected chi connectivity index (χ0v) is 6.90. The van der Waals surface area contributed by atoms with Gasteiger partial charge in [-0.05, 0) is 17.7 Å². The Bertz CT molecular complexity index is 317. The summed E-state index contributed by atoms with van der Waals surface area (Å²) in [7, 11) is 0. The van der Waals surface area contributed by atoms with Crippen molar-refractivity contribution in [2.75, 3.05) is 0 Å². The Balaban J connectivity index is 2.87. The Labute approximate surface area is 75.4 Å². The molecule has 0 aromatic heterocycles. The Hall–Kier alpha value is -1.88. The van der Waals surface area contributed by atoms with Crippen molar-refractivity contribution in [2.45, 2.75) is 0 Å². The van der Waals surface area contributed by atoms with Crippen LogP contribution in [0.1, 0.15) is 15.9 Å². The first-order chi connectivity index (χ1) is 6.27. The van der Waals surface area contributed by atoms with Crippen molar-refractivity contribution in [3.63, 3.8) is 0 Å². The molecule has 5 nitrogen and oxygen atoms in total. The third-order valence-electron chi connectivity index (χ3n) is 1.53. The molecule has 0 saturated heterocycles. The van der Waals surface area contributed by atoms with Crippen LogP contribution in [0.5, 0.6) is 0 Å². The highest BCUT2D eigenvalue weighted by atomic mass is 16.2. The van der Waals surface area contributed by atoms with Crippen molar-refractivity contribution in [3.05, 3.63) is 35.4 Å². The van der Waals surface area contributed by atoms with Crippen molar-refractivity contribution >= 4 is 12.1 Å². The number of nitrogens with two attached hydrogens (primary N) is 2. The van der Waals surface area contributed by atoms with Gasteiger partial charge in [0.15, 0.2) is 0 Å². The highest BCUT2D eigenvalue weighted by molar-refractivity contribution is 5.94. The molecule has 1 amide bonds. The molecule has 1 aromatic rings. The lowest BCUT2D eigenvalue weighted by molar-refractivity contribution is 0.0953. The van der Waals surface area contributed by atoms with E-state index >= 15 is 0 Å². The van der Waals surface area contributed by atoms with Gasteiger partial charge < -0.3 is 5.84 Å². The Kier molecular flexibility index (Phi) is 2.99. The molecule has 1 aromatic carbocycles. The van der Waals surface area contributed by atoms with E-state index in [2.05, 4.69) is 5.10 Å². The minimum Gasteiger partial charge on any atom is -0.323 e. The number of hydrazine groups is 1. The zero-order chi connectivity index (χ0) is 9.68. The van der Waals surface area contributed by atoms with E-state index < -0.39 is 0 Å². The second kappa shape index (κ2) is 4.22. The molecule has 0 saturated carbocycles. The number of rotatable bonds is 2. The highest BCUT2D eigenvalue weighted by Crippen LogP contribution is 2.01. The summed E-state index contributed by atoms with van der Waals surface area (Å²) < 4.78 is 0. The lowest BCUT2D eigenvalue weighted by Crippen LogP contribution is -2.29. The number of benzene rings is 1. The Morgan fingerprint density at radius 1 is 1.38 bits per heavy atom. The van der Waals surface area contributed by atoms with Crippen LogP contribution in [-0.2, 0) is 0 Å². The topological polar surface area (TPSA) is 93.5 Å². The predicted octanol–water partition coefficient (Wildman–Crippen LogP) is -0.417. The molecule has 0 fully saturated rings. The van der Waals surface area contributed by atoms with Gasteiger partial charge in [-0.15, -0.1) is 0 Å². The van der Waals surface area contributed by atoms with E-state index in [0.29, 0.717) is 5.56 Å². The minimum absolute atomic E-state index is 0.323. The van der Waals surface area contributed by atoms with Gasteiger partial charge in [0.25, 0.3) is 5.91 Å².